The van der Waals surface area contributed by atoms with E-state index in [-0.39, 0.29) is 22.9 Å². The van der Waals surface area contributed by atoms with E-state index in [1.54, 1.807) is 43.7 Å². The number of rotatable bonds is 5. The number of aromatic nitrogens is 6. The first kappa shape index (κ1) is 20.9. The fourth-order valence-corrected chi connectivity index (χ4v) is 2.83. The smallest absolute Gasteiger partial charge is 0.281 e. The van der Waals surface area contributed by atoms with Gasteiger partial charge in [-0.25, -0.2) is 9.97 Å². The lowest BCUT2D eigenvalue weighted by molar-refractivity contribution is -0.141. The van der Waals surface area contributed by atoms with Gasteiger partial charge in [-0.15, -0.1) is 0 Å². The Labute approximate surface area is 179 Å². The van der Waals surface area contributed by atoms with Crippen molar-refractivity contribution in [1.29, 1.82) is 0 Å². The van der Waals surface area contributed by atoms with Crippen LogP contribution in [-0.2, 0) is 13.2 Å². The first-order chi connectivity index (χ1) is 15.3. The number of carbonyl (C=O) groups excluding carboxylic acids is 1. The molecule has 0 bridgehead atoms. The molecule has 0 saturated heterocycles. The summed E-state index contributed by atoms with van der Waals surface area (Å²) >= 11 is 0. The summed E-state index contributed by atoms with van der Waals surface area (Å²) in [5.74, 6) is -1.11. The van der Waals surface area contributed by atoms with Crippen LogP contribution < -0.4 is 10.9 Å². The summed E-state index contributed by atoms with van der Waals surface area (Å²) in [5.41, 5.74) is 5.02. The quantitative estimate of drug-likeness (QED) is 0.459. The van der Waals surface area contributed by atoms with Gasteiger partial charge in [-0.1, -0.05) is 6.07 Å². The maximum absolute atomic E-state index is 13.3. The van der Waals surface area contributed by atoms with E-state index < -0.39 is 17.8 Å². The highest BCUT2D eigenvalue weighted by atomic mass is 19.4. The summed E-state index contributed by atoms with van der Waals surface area (Å²) in [4.78, 5) is 28.2. The topological polar surface area (TPSA) is 111 Å². The molecule has 4 aromatic heterocycles. The molecule has 0 spiro atoms. The minimum atomic E-state index is -4.72. The molecule has 0 aliphatic heterocycles. The molecule has 12 heteroatoms. The van der Waals surface area contributed by atoms with Crippen molar-refractivity contribution in [1.82, 2.24) is 35.1 Å². The Bertz CT molecular complexity index is 1240. The van der Waals surface area contributed by atoms with Gasteiger partial charge < -0.3 is 0 Å². The Balaban J connectivity index is 1.61. The van der Waals surface area contributed by atoms with E-state index in [0.717, 1.165) is 0 Å². The van der Waals surface area contributed by atoms with Crippen molar-refractivity contribution >= 4 is 11.7 Å². The van der Waals surface area contributed by atoms with E-state index in [1.165, 1.54) is 23.1 Å². The van der Waals surface area contributed by atoms with Gasteiger partial charge in [0.2, 0.25) is 0 Å². The zero-order valence-corrected chi connectivity index (χ0v) is 16.5. The third kappa shape index (κ3) is 4.53. The summed E-state index contributed by atoms with van der Waals surface area (Å²) in [5, 5.41) is 4.27. The molecule has 32 heavy (non-hydrogen) atoms. The van der Waals surface area contributed by atoms with Gasteiger partial charge in [0.1, 0.15) is 17.2 Å². The molecule has 9 nitrogen and oxygen atoms in total. The predicted molar refractivity (Wildman–Crippen MR) is 108 cm³/mol. The molecule has 1 amide bonds. The monoisotopic (exact) mass is 440 g/mol. The van der Waals surface area contributed by atoms with Crippen LogP contribution in [0.15, 0.2) is 61.2 Å². The van der Waals surface area contributed by atoms with Crippen LogP contribution in [0.1, 0.15) is 16.1 Å². The minimum Gasteiger partial charge on any atom is -0.281 e. The highest BCUT2D eigenvalue weighted by Crippen LogP contribution is 2.30. The average molecular weight is 440 g/mol. The van der Waals surface area contributed by atoms with Crippen LogP contribution >= 0.6 is 0 Å². The normalized spacial score (nSPS) is 11.2. The van der Waals surface area contributed by atoms with Crippen LogP contribution in [0.25, 0.3) is 22.8 Å². The van der Waals surface area contributed by atoms with Crippen LogP contribution in [0.5, 0.6) is 0 Å². The lowest BCUT2D eigenvalue weighted by Crippen LogP contribution is -2.30. The lowest BCUT2D eigenvalue weighted by atomic mass is 10.1. The first-order valence-corrected chi connectivity index (χ1v) is 9.19. The van der Waals surface area contributed by atoms with Crippen LogP contribution in [0.4, 0.5) is 19.0 Å². The van der Waals surface area contributed by atoms with Gasteiger partial charge in [-0.2, -0.15) is 18.3 Å². The van der Waals surface area contributed by atoms with Crippen molar-refractivity contribution in [2.45, 2.75) is 6.18 Å². The fourth-order valence-electron chi connectivity index (χ4n) is 2.83. The summed E-state index contributed by atoms with van der Waals surface area (Å²) in [7, 11) is 1.65. The van der Waals surface area contributed by atoms with Crippen molar-refractivity contribution in [3.63, 3.8) is 0 Å². The van der Waals surface area contributed by atoms with Gasteiger partial charge >= 0.3 is 6.18 Å². The fraction of sp³-hybridized carbons (Fsp3) is 0.100. The molecule has 0 unspecified atom stereocenters. The Kier molecular flexibility index (Phi) is 5.50. The van der Waals surface area contributed by atoms with Gasteiger partial charge in [0.05, 0.1) is 5.56 Å². The van der Waals surface area contributed by atoms with E-state index in [9.17, 15) is 18.0 Å². The maximum Gasteiger partial charge on any atom is 0.433 e. The molecule has 4 heterocycles. The van der Waals surface area contributed by atoms with E-state index in [1.807, 2.05) is 0 Å². The number of nitrogens with zero attached hydrogens (tertiary/aromatic N) is 6. The number of amides is 1. The molecular weight excluding hydrogens is 425 g/mol. The largest absolute Gasteiger partial charge is 0.433 e. The average Bonchev–Trinajstić information content (AvgIpc) is 3.19. The number of nitrogens with one attached hydrogen (secondary N) is 2. The molecule has 4 aromatic rings. The van der Waals surface area contributed by atoms with Gasteiger partial charge in [-0.3, -0.25) is 30.3 Å². The van der Waals surface area contributed by atoms with Crippen molar-refractivity contribution in [2.75, 3.05) is 5.43 Å². The Morgan fingerprint density at radius 2 is 1.84 bits per heavy atom. The maximum atomic E-state index is 13.3. The van der Waals surface area contributed by atoms with Gasteiger partial charge in [0.15, 0.2) is 11.5 Å². The number of carbonyl (C=O) groups is 1. The number of pyridine rings is 2. The van der Waals surface area contributed by atoms with Gasteiger partial charge in [-0.05, 0) is 24.3 Å². The molecule has 0 saturated carbocycles. The number of hydrazine groups is 1. The van der Waals surface area contributed by atoms with E-state index >= 15 is 0 Å². The molecule has 0 aliphatic carbocycles. The second-order valence-electron chi connectivity index (χ2n) is 6.55. The zero-order valence-electron chi connectivity index (χ0n) is 16.5. The van der Waals surface area contributed by atoms with Gasteiger partial charge in [0, 0.05) is 43.5 Å². The van der Waals surface area contributed by atoms with Crippen molar-refractivity contribution in [2.24, 2.45) is 7.05 Å². The molecule has 4 rings (SSSR count). The highest BCUT2D eigenvalue weighted by molar-refractivity contribution is 6.00. The second kappa shape index (κ2) is 8.41. The molecule has 0 atom stereocenters. The predicted octanol–water partition coefficient (Wildman–Crippen LogP) is 3.11. The first-order valence-electron chi connectivity index (χ1n) is 9.19. The summed E-state index contributed by atoms with van der Waals surface area (Å²) < 4.78 is 41.4. The van der Waals surface area contributed by atoms with E-state index in [2.05, 4.69) is 35.9 Å². The SMILES string of the molecule is Cn1cc(C(=O)NNc2cc(C(F)(F)F)nc(-c3ccccn3)n2)c(-c2ccncc2)n1. The van der Waals surface area contributed by atoms with Crippen LogP contribution in [0.3, 0.4) is 0 Å². The van der Waals surface area contributed by atoms with Crippen LogP contribution in [-0.4, -0.2) is 35.6 Å². The Morgan fingerprint density at radius 1 is 1.06 bits per heavy atom. The molecular formula is C20H15F3N8O. The van der Waals surface area contributed by atoms with E-state index in [0.29, 0.717) is 17.3 Å². The van der Waals surface area contributed by atoms with Gasteiger partial charge in [0.25, 0.3) is 5.91 Å². The molecule has 0 fully saturated rings. The number of hydrogen-bond donors (Lipinski definition) is 2. The third-order valence-corrected chi connectivity index (χ3v) is 4.24. The summed E-state index contributed by atoms with van der Waals surface area (Å²) in [6.07, 6.45) is 1.31. The number of halogens is 3. The molecule has 162 valence electrons. The van der Waals surface area contributed by atoms with Crippen molar-refractivity contribution in [3.8, 4) is 22.8 Å². The lowest BCUT2D eigenvalue weighted by Gasteiger charge is -2.12. The molecule has 2 N–H and O–H groups in total. The van der Waals surface area contributed by atoms with Crippen molar-refractivity contribution in [3.05, 3.63) is 72.4 Å². The Hall–Kier alpha value is -4.35. The Morgan fingerprint density at radius 3 is 2.53 bits per heavy atom. The zero-order chi connectivity index (χ0) is 22.7. The van der Waals surface area contributed by atoms with Crippen molar-refractivity contribution < 1.29 is 18.0 Å². The van der Waals surface area contributed by atoms with Crippen LogP contribution in [0, 0.1) is 0 Å². The van der Waals surface area contributed by atoms with Crippen LogP contribution in [0.2, 0.25) is 0 Å². The number of hydrogen-bond acceptors (Lipinski definition) is 7. The van der Waals surface area contributed by atoms with E-state index in [4.69, 9.17) is 0 Å². The molecule has 0 aliphatic rings. The third-order valence-electron chi connectivity index (χ3n) is 4.24. The number of anilines is 1. The number of aryl methyl sites for hydroxylation is 1. The second-order valence-corrected chi connectivity index (χ2v) is 6.55. The molecule has 0 radical (unpaired) electrons. The minimum absolute atomic E-state index is 0.153. The summed E-state index contributed by atoms with van der Waals surface area (Å²) in [6.45, 7) is 0. The summed E-state index contributed by atoms with van der Waals surface area (Å²) in [6, 6.07) is 8.76. The standard InChI is InChI=1S/C20H15F3N8O/c1-31-11-13(17(30-31)12-5-8-24-9-6-12)19(32)29-28-16-10-15(20(21,22)23)26-18(27-16)14-4-2-3-7-25-14/h2-11H,1H3,(H,29,32)(H,26,27,28). The molecule has 0 aromatic carbocycles. The highest BCUT2D eigenvalue weighted by Gasteiger charge is 2.34. The number of alkyl halides is 3.